The van der Waals surface area contributed by atoms with Crippen molar-refractivity contribution in [2.24, 2.45) is 11.8 Å². The highest BCUT2D eigenvalue weighted by atomic mass is 32.2. The number of esters is 1. The third-order valence-corrected chi connectivity index (χ3v) is 6.18. The van der Waals surface area contributed by atoms with E-state index in [1.807, 2.05) is 6.26 Å². The van der Waals surface area contributed by atoms with Gasteiger partial charge in [-0.1, -0.05) is 12.1 Å². The zero-order chi connectivity index (χ0) is 19.8. The first-order valence-electron chi connectivity index (χ1n) is 8.90. The van der Waals surface area contributed by atoms with Gasteiger partial charge in [0, 0.05) is 12.6 Å². The highest BCUT2D eigenvalue weighted by molar-refractivity contribution is 7.98. The molecule has 2 amide bonds. The number of nitrogens with one attached hydrogen (secondary N) is 1. The SMILES string of the molecule is CCN1C(=O)[C@@H]2[C@@H](C1=O)[C@](CCSC)(C(=O)OC)N[C@H]2c1ccc(O)cc1. The molecule has 0 bridgehead atoms. The average molecular weight is 392 g/mol. The first-order valence-corrected chi connectivity index (χ1v) is 10.3. The van der Waals surface area contributed by atoms with Crippen LogP contribution in [0.15, 0.2) is 24.3 Å². The van der Waals surface area contributed by atoms with Crippen LogP contribution >= 0.6 is 11.8 Å². The van der Waals surface area contributed by atoms with Gasteiger partial charge in [0.1, 0.15) is 11.3 Å². The van der Waals surface area contributed by atoms with Crippen molar-refractivity contribution in [2.45, 2.75) is 24.9 Å². The van der Waals surface area contributed by atoms with Crippen molar-refractivity contribution in [1.82, 2.24) is 10.2 Å². The van der Waals surface area contributed by atoms with Gasteiger partial charge in [0.05, 0.1) is 18.9 Å². The molecule has 1 aromatic rings. The molecule has 0 saturated carbocycles. The molecule has 2 aliphatic rings. The summed E-state index contributed by atoms with van der Waals surface area (Å²) >= 11 is 1.57. The first-order chi connectivity index (χ1) is 12.9. The van der Waals surface area contributed by atoms with E-state index < -0.39 is 29.4 Å². The Bertz CT molecular complexity index is 753. The van der Waals surface area contributed by atoms with Crippen LogP contribution in [0.3, 0.4) is 0 Å². The lowest BCUT2D eigenvalue weighted by Gasteiger charge is -2.32. The molecular weight excluding hydrogens is 368 g/mol. The van der Waals surface area contributed by atoms with Gasteiger partial charge >= 0.3 is 5.97 Å². The van der Waals surface area contributed by atoms with Crippen molar-refractivity contribution >= 4 is 29.5 Å². The molecule has 2 fully saturated rings. The lowest BCUT2D eigenvalue weighted by atomic mass is 9.78. The van der Waals surface area contributed by atoms with Crippen molar-refractivity contribution in [3.63, 3.8) is 0 Å². The normalized spacial score (nSPS) is 29.9. The number of methoxy groups -OCH3 is 1. The van der Waals surface area contributed by atoms with E-state index in [1.165, 1.54) is 24.1 Å². The smallest absolute Gasteiger partial charge is 0.326 e. The van der Waals surface area contributed by atoms with Crippen LogP contribution in [0.25, 0.3) is 0 Å². The molecule has 146 valence electrons. The molecule has 1 aromatic carbocycles. The largest absolute Gasteiger partial charge is 0.508 e. The number of carbonyl (C=O) groups excluding carboxylic acids is 3. The molecule has 2 heterocycles. The molecule has 27 heavy (non-hydrogen) atoms. The Hall–Kier alpha value is -2.06. The van der Waals surface area contributed by atoms with Crippen molar-refractivity contribution in [2.75, 3.05) is 25.7 Å². The van der Waals surface area contributed by atoms with Crippen molar-refractivity contribution in [3.05, 3.63) is 29.8 Å². The predicted octanol–water partition coefficient (Wildman–Crippen LogP) is 1.32. The summed E-state index contributed by atoms with van der Waals surface area (Å²) in [5, 5.41) is 12.9. The number of benzene rings is 1. The Morgan fingerprint density at radius 2 is 1.96 bits per heavy atom. The van der Waals surface area contributed by atoms with E-state index in [1.54, 1.807) is 30.8 Å². The van der Waals surface area contributed by atoms with E-state index in [0.29, 0.717) is 12.2 Å². The molecule has 2 N–H and O–H groups in total. The van der Waals surface area contributed by atoms with Crippen LogP contribution in [0.5, 0.6) is 5.75 Å². The minimum absolute atomic E-state index is 0.110. The molecule has 2 saturated heterocycles. The Balaban J connectivity index is 2.12. The van der Waals surface area contributed by atoms with Gasteiger partial charge in [-0.3, -0.25) is 24.6 Å². The fourth-order valence-corrected chi connectivity index (χ4v) is 4.83. The number of rotatable bonds is 6. The van der Waals surface area contributed by atoms with Gasteiger partial charge in [-0.25, -0.2) is 0 Å². The summed E-state index contributed by atoms with van der Waals surface area (Å²) in [5.74, 6) is -1.85. The van der Waals surface area contributed by atoms with Crippen LogP contribution < -0.4 is 5.32 Å². The zero-order valence-electron chi connectivity index (χ0n) is 15.6. The van der Waals surface area contributed by atoms with E-state index in [4.69, 9.17) is 4.74 Å². The third kappa shape index (κ3) is 3.00. The van der Waals surface area contributed by atoms with Gasteiger partial charge in [-0.2, -0.15) is 11.8 Å². The van der Waals surface area contributed by atoms with E-state index in [2.05, 4.69) is 5.32 Å². The number of phenols is 1. The highest BCUT2D eigenvalue weighted by Crippen LogP contribution is 2.50. The Morgan fingerprint density at radius 3 is 2.52 bits per heavy atom. The highest BCUT2D eigenvalue weighted by Gasteiger charge is 2.68. The number of hydrogen-bond acceptors (Lipinski definition) is 7. The molecule has 3 rings (SSSR count). The van der Waals surface area contributed by atoms with Gasteiger partial charge in [0.15, 0.2) is 0 Å². The summed E-state index contributed by atoms with van der Waals surface area (Å²) in [6, 6.07) is 5.97. The van der Waals surface area contributed by atoms with Gasteiger partial charge in [0.2, 0.25) is 11.8 Å². The van der Waals surface area contributed by atoms with Crippen LogP contribution in [-0.4, -0.2) is 59.0 Å². The van der Waals surface area contributed by atoms with Crippen LogP contribution in [0.1, 0.15) is 24.9 Å². The second kappa shape index (κ2) is 7.52. The number of amides is 2. The zero-order valence-corrected chi connectivity index (χ0v) is 16.4. The summed E-state index contributed by atoms with van der Waals surface area (Å²) in [7, 11) is 1.30. The van der Waals surface area contributed by atoms with Gasteiger partial charge in [-0.15, -0.1) is 0 Å². The summed E-state index contributed by atoms with van der Waals surface area (Å²) in [4.78, 5) is 40.2. The number of phenolic OH excluding ortho intramolecular Hbond substituents is 1. The van der Waals surface area contributed by atoms with Gasteiger partial charge < -0.3 is 9.84 Å². The molecule has 7 nitrogen and oxygen atoms in total. The number of carbonyl (C=O) groups is 3. The molecular formula is C19H24N2O5S. The first kappa shape index (κ1) is 19.7. The number of imide groups is 1. The number of fused-ring (bicyclic) bond motifs is 1. The van der Waals surface area contributed by atoms with Crippen molar-refractivity contribution in [3.8, 4) is 5.75 Å². The molecule has 8 heteroatoms. The van der Waals surface area contributed by atoms with E-state index in [-0.39, 0.29) is 24.1 Å². The Labute approximate surface area is 162 Å². The van der Waals surface area contributed by atoms with Crippen molar-refractivity contribution < 1.29 is 24.2 Å². The van der Waals surface area contributed by atoms with E-state index in [0.717, 1.165) is 5.56 Å². The minimum atomic E-state index is -1.25. The summed E-state index contributed by atoms with van der Waals surface area (Å²) in [5.41, 5.74) is -0.501. The number of thioether (sulfide) groups is 1. The lowest BCUT2D eigenvalue weighted by molar-refractivity contribution is -0.154. The number of likely N-dealkylation sites (tertiary alicyclic amines) is 1. The quantitative estimate of drug-likeness (QED) is 0.557. The maximum absolute atomic E-state index is 13.1. The number of hydrogen-bond donors (Lipinski definition) is 2. The predicted molar refractivity (Wildman–Crippen MR) is 101 cm³/mol. The van der Waals surface area contributed by atoms with Crippen LogP contribution in [-0.2, 0) is 19.1 Å². The maximum atomic E-state index is 13.1. The van der Waals surface area contributed by atoms with Gasteiger partial charge in [-0.05, 0) is 43.0 Å². The third-order valence-electron chi connectivity index (χ3n) is 5.56. The van der Waals surface area contributed by atoms with Crippen LogP contribution in [0, 0.1) is 11.8 Å². The molecule has 0 spiro atoms. The fraction of sp³-hybridized carbons (Fsp3) is 0.526. The summed E-state index contributed by atoms with van der Waals surface area (Å²) in [6.45, 7) is 2.02. The average Bonchev–Trinajstić information content (AvgIpc) is 3.14. The van der Waals surface area contributed by atoms with Crippen LogP contribution in [0.4, 0.5) is 0 Å². The molecule has 0 aromatic heterocycles. The Kier molecular flexibility index (Phi) is 5.48. The number of ether oxygens (including phenoxy) is 1. The minimum Gasteiger partial charge on any atom is -0.508 e. The molecule has 0 aliphatic carbocycles. The maximum Gasteiger partial charge on any atom is 0.326 e. The molecule has 2 aliphatic heterocycles. The molecule has 0 radical (unpaired) electrons. The summed E-state index contributed by atoms with van der Waals surface area (Å²) < 4.78 is 5.07. The standard InChI is InChI=1S/C19H24N2O5S/c1-4-21-16(23)13-14(17(21)24)19(9-10-27-3,18(25)26-2)20-15(13)11-5-7-12(22)8-6-11/h5-8,13-15,20,22H,4,9-10H2,1-3H3/t13-,14+,15+,19-/m1/s1. The number of aromatic hydroxyl groups is 1. The van der Waals surface area contributed by atoms with E-state index >= 15 is 0 Å². The Morgan fingerprint density at radius 1 is 1.30 bits per heavy atom. The monoisotopic (exact) mass is 392 g/mol. The van der Waals surface area contributed by atoms with E-state index in [9.17, 15) is 19.5 Å². The number of nitrogens with zero attached hydrogens (tertiary/aromatic N) is 1. The van der Waals surface area contributed by atoms with Crippen LogP contribution in [0.2, 0.25) is 0 Å². The topological polar surface area (TPSA) is 95.9 Å². The second-order valence-electron chi connectivity index (χ2n) is 6.84. The van der Waals surface area contributed by atoms with Gasteiger partial charge in [0.25, 0.3) is 0 Å². The second-order valence-corrected chi connectivity index (χ2v) is 7.83. The molecule has 4 atom stereocenters. The lowest BCUT2D eigenvalue weighted by Crippen LogP contribution is -2.56. The van der Waals surface area contributed by atoms with Crippen molar-refractivity contribution in [1.29, 1.82) is 0 Å². The summed E-state index contributed by atoms with van der Waals surface area (Å²) in [6.07, 6.45) is 2.31. The fourth-order valence-electron chi connectivity index (χ4n) is 4.31. The molecule has 0 unspecified atom stereocenters.